The van der Waals surface area contributed by atoms with E-state index >= 15 is 0 Å². The lowest BCUT2D eigenvalue weighted by atomic mass is 10.2. The standard InChI is InChI=1S/C19H22FN5.HI/c1-21-19(24(2)13-15-6-5-7-16(20)12-15)22-10-9-17-14-25-11-4-3-8-18(25)23-17;/h3-8,11-12,14H,9-10,13H2,1-2H3,(H,21,22);1H. The second-order valence-corrected chi connectivity index (χ2v) is 5.91. The van der Waals surface area contributed by atoms with Gasteiger partial charge in [-0.2, -0.15) is 0 Å². The van der Waals surface area contributed by atoms with Crippen LogP contribution in [0, 0.1) is 5.82 Å². The van der Waals surface area contributed by atoms with Gasteiger partial charge in [0.05, 0.1) is 5.69 Å². The predicted molar refractivity (Wildman–Crippen MR) is 114 cm³/mol. The van der Waals surface area contributed by atoms with Crippen LogP contribution in [0.3, 0.4) is 0 Å². The highest BCUT2D eigenvalue weighted by Crippen LogP contribution is 2.07. The molecule has 0 bridgehead atoms. The minimum absolute atomic E-state index is 0. The summed E-state index contributed by atoms with van der Waals surface area (Å²) >= 11 is 0. The van der Waals surface area contributed by atoms with Crippen LogP contribution >= 0.6 is 24.0 Å². The maximum atomic E-state index is 13.3. The number of aliphatic imine (C=N–C) groups is 1. The highest BCUT2D eigenvalue weighted by atomic mass is 127. The van der Waals surface area contributed by atoms with Crippen LogP contribution in [0.5, 0.6) is 0 Å². The topological polar surface area (TPSA) is 44.9 Å². The third kappa shape index (κ3) is 5.17. The number of guanidine groups is 1. The zero-order chi connectivity index (χ0) is 17.6. The fourth-order valence-corrected chi connectivity index (χ4v) is 2.78. The number of hydrogen-bond acceptors (Lipinski definition) is 2. The summed E-state index contributed by atoms with van der Waals surface area (Å²) in [5.41, 5.74) is 2.89. The molecular formula is C19H23FIN5. The van der Waals surface area contributed by atoms with Crippen LogP contribution in [0.15, 0.2) is 59.9 Å². The molecule has 2 heterocycles. The minimum Gasteiger partial charge on any atom is -0.356 e. The van der Waals surface area contributed by atoms with E-state index in [1.54, 1.807) is 19.2 Å². The van der Waals surface area contributed by atoms with Crippen LogP contribution < -0.4 is 5.32 Å². The summed E-state index contributed by atoms with van der Waals surface area (Å²) in [4.78, 5) is 10.8. The van der Waals surface area contributed by atoms with Crippen molar-refractivity contribution in [1.29, 1.82) is 0 Å². The number of pyridine rings is 1. The quantitative estimate of drug-likeness (QED) is 0.356. The van der Waals surface area contributed by atoms with Crippen LogP contribution in [0.25, 0.3) is 5.65 Å². The lowest BCUT2D eigenvalue weighted by Crippen LogP contribution is -2.39. The Kier molecular flexibility index (Phi) is 7.38. The van der Waals surface area contributed by atoms with Gasteiger partial charge in [-0.15, -0.1) is 24.0 Å². The van der Waals surface area contributed by atoms with Crippen molar-refractivity contribution in [3.8, 4) is 0 Å². The smallest absolute Gasteiger partial charge is 0.193 e. The highest BCUT2D eigenvalue weighted by molar-refractivity contribution is 14.0. The summed E-state index contributed by atoms with van der Waals surface area (Å²) in [5.74, 6) is 0.550. The van der Waals surface area contributed by atoms with E-state index in [1.807, 2.05) is 53.0 Å². The van der Waals surface area contributed by atoms with Crippen LogP contribution in [0.2, 0.25) is 0 Å². The molecule has 2 aromatic heterocycles. The molecule has 0 aliphatic heterocycles. The molecule has 7 heteroatoms. The van der Waals surface area contributed by atoms with E-state index in [2.05, 4.69) is 15.3 Å². The van der Waals surface area contributed by atoms with Gasteiger partial charge in [-0.05, 0) is 29.8 Å². The van der Waals surface area contributed by atoms with Crippen LogP contribution in [0.4, 0.5) is 4.39 Å². The molecule has 0 aliphatic carbocycles. The van der Waals surface area contributed by atoms with Crippen molar-refractivity contribution in [2.45, 2.75) is 13.0 Å². The number of rotatable bonds is 5. The van der Waals surface area contributed by atoms with Gasteiger partial charge < -0.3 is 14.6 Å². The predicted octanol–water partition coefficient (Wildman–Crippen LogP) is 3.34. The van der Waals surface area contributed by atoms with E-state index in [1.165, 1.54) is 6.07 Å². The molecule has 0 radical (unpaired) electrons. The van der Waals surface area contributed by atoms with Gasteiger partial charge in [0.15, 0.2) is 5.96 Å². The maximum absolute atomic E-state index is 13.3. The van der Waals surface area contributed by atoms with E-state index < -0.39 is 0 Å². The zero-order valence-corrected chi connectivity index (χ0v) is 17.2. The van der Waals surface area contributed by atoms with Gasteiger partial charge in [-0.1, -0.05) is 18.2 Å². The molecule has 1 aromatic carbocycles. The zero-order valence-electron chi connectivity index (χ0n) is 14.9. The third-order valence-corrected chi connectivity index (χ3v) is 3.96. The van der Waals surface area contributed by atoms with E-state index in [0.717, 1.165) is 35.8 Å². The minimum atomic E-state index is -0.222. The normalized spacial score (nSPS) is 11.3. The van der Waals surface area contributed by atoms with Gasteiger partial charge >= 0.3 is 0 Å². The van der Waals surface area contributed by atoms with E-state index in [9.17, 15) is 4.39 Å². The Labute approximate surface area is 170 Å². The molecule has 0 saturated heterocycles. The average Bonchev–Trinajstić information content (AvgIpc) is 3.01. The summed E-state index contributed by atoms with van der Waals surface area (Å²) in [6, 6.07) is 12.6. The fourth-order valence-electron chi connectivity index (χ4n) is 2.78. The van der Waals surface area contributed by atoms with Gasteiger partial charge in [0.2, 0.25) is 0 Å². The van der Waals surface area contributed by atoms with E-state index in [0.29, 0.717) is 6.54 Å². The van der Waals surface area contributed by atoms with Gasteiger partial charge in [-0.25, -0.2) is 9.37 Å². The molecule has 0 amide bonds. The van der Waals surface area contributed by atoms with Crippen LogP contribution in [-0.2, 0) is 13.0 Å². The molecule has 0 unspecified atom stereocenters. The Hall–Kier alpha value is -2.16. The largest absolute Gasteiger partial charge is 0.356 e. The number of halogens is 2. The van der Waals surface area contributed by atoms with Crippen molar-refractivity contribution in [3.05, 3.63) is 71.9 Å². The van der Waals surface area contributed by atoms with Crippen molar-refractivity contribution in [2.24, 2.45) is 4.99 Å². The van der Waals surface area contributed by atoms with Gasteiger partial charge in [-0.3, -0.25) is 4.99 Å². The molecule has 3 rings (SSSR count). The molecule has 0 aliphatic rings. The molecule has 26 heavy (non-hydrogen) atoms. The van der Waals surface area contributed by atoms with Crippen molar-refractivity contribution >= 4 is 35.6 Å². The van der Waals surface area contributed by atoms with Crippen molar-refractivity contribution < 1.29 is 4.39 Å². The van der Waals surface area contributed by atoms with Crippen molar-refractivity contribution in [1.82, 2.24) is 19.6 Å². The Morgan fingerprint density at radius 3 is 2.85 bits per heavy atom. The summed E-state index contributed by atoms with van der Waals surface area (Å²) < 4.78 is 15.3. The average molecular weight is 467 g/mol. The number of nitrogens with zero attached hydrogens (tertiary/aromatic N) is 4. The third-order valence-electron chi connectivity index (χ3n) is 3.96. The molecule has 5 nitrogen and oxygen atoms in total. The Bertz CT molecular complexity index is 844. The first-order valence-corrected chi connectivity index (χ1v) is 8.24. The van der Waals surface area contributed by atoms with Gasteiger partial charge in [0, 0.05) is 46.0 Å². The molecule has 3 aromatic rings. The Morgan fingerprint density at radius 1 is 1.27 bits per heavy atom. The van der Waals surface area contributed by atoms with Crippen LogP contribution in [0.1, 0.15) is 11.3 Å². The molecular weight excluding hydrogens is 444 g/mol. The summed E-state index contributed by atoms with van der Waals surface area (Å²) in [5, 5.41) is 3.33. The monoisotopic (exact) mass is 467 g/mol. The maximum Gasteiger partial charge on any atom is 0.193 e. The Balaban J connectivity index is 0.00000243. The number of aromatic nitrogens is 2. The molecule has 0 spiro atoms. The first-order valence-electron chi connectivity index (χ1n) is 8.24. The summed E-state index contributed by atoms with van der Waals surface area (Å²) in [7, 11) is 3.68. The van der Waals surface area contributed by atoms with Gasteiger partial charge in [0.1, 0.15) is 11.5 Å². The molecule has 0 fully saturated rings. The molecule has 0 atom stereocenters. The first-order chi connectivity index (χ1) is 12.2. The first kappa shape index (κ1) is 20.2. The van der Waals surface area contributed by atoms with Crippen LogP contribution in [-0.4, -0.2) is 40.9 Å². The van der Waals surface area contributed by atoms with E-state index in [4.69, 9.17) is 0 Å². The molecule has 1 N–H and O–H groups in total. The second kappa shape index (κ2) is 9.51. The number of benzene rings is 1. The Morgan fingerprint density at radius 2 is 2.12 bits per heavy atom. The van der Waals surface area contributed by atoms with E-state index in [-0.39, 0.29) is 29.8 Å². The molecule has 0 saturated carbocycles. The van der Waals surface area contributed by atoms with Crippen molar-refractivity contribution in [2.75, 3.05) is 20.6 Å². The second-order valence-electron chi connectivity index (χ2n) is 5.91. The molecule has 138 valence electrons. The SMILES string of the molecule is CN=C(NCCc1cn2ccccc2n1)N(C)Cc1cccc(F)c1.I. The van der Waals surface area contributed by atoms with Crippen molar-refractivity contribution in [3.63, 3.8) is 0 Å². The highest BCUT2D eigenvalue weighted by Gasteiger charge is 2.08. The summed E-state index contributed by atoms with van der Waals surface area (Å²) in [6.45, 7) is 1.32. The summed E-state index contributed by atoms with van der Waals surface area (Å²) in [6.07, 6.45) is 4.83. The number of fused-ring (bicyclic) bond motifs is 1. The lowest BCUT2D eigenvalue weighted by Gasteiger charge is -2.22. The number of hydrogen-bond donors (Lipinski definition) is 1. The van der Waals surface area contributed by atoms with Gasteiger partial charge in [0.25, 0.3) is 0 Å². The number of nitrogens with one attached hydrogen (secondary N) is 1. The lowest BCUT2D eigenvalue weighted by molar-refractivity contribution is 0.475. The number of imidazole rings is 1. The fraction of sp³-hybridized carbons (Fsp3) is 0.263.